The Balaban J connectivity index is 1.93. The van der Waals surface area contributed by atoms with Crippen LogP contribution in [-0.2, 0) is 9.59 Å². The van der Waals surface area contributed by atoms with Gasteiger partial charge in [0.05, 0.1) is 6.61 Å². The second-order valence-corrected chi connectivity index (χ2v) is 5.10. The molecule has 1 saturated carbocycles. The summed E-state index contributed by atoms with van der Waals surface area (Å²) in [6, 6.07) is 0. The van der Waals surface area contributed by atoms with Crippen molar-refractivity contribution in [3.63, 3.8) is 0 Å². The first kappa shape index (κ1) is 13.3. The number of aliphatic hydroxyl groups excluding tert-OH is 1. The minimum atomic E-state index is -1.14. The van der Waals surface area contributed by atoms with Crippen LogP contribution in [0.4, 0.5) is 0 Å². The number of aliphatic carboxylic acids is 1. The Bertz CT molecular complexity index is 333. The molecule has 102 valence electrons. The highest BCUT2D eigenvalue weighted by Gasteiger charge is 2.53. The van der Waals surface area contributed by atoms with Crippen molar-refractivity contribution in [3.05, 3.63) is 0 Å². The average molecular weight is 256 g/mol. The lowest BCUT2D eigenvalue weighted by Crippen LogP contribution is -2.57. The van der Waals surface area contributed by atoms with Crippen molar-refractivity contribution < 1.29 is 19.8 Å². The third-order valence-electron chi connectivity index (χ3n) is 4.10. The number of hydrogen-bond donors (Lipinski definition) is 2. The first-order chi connectivity index (χ1) is 8.60. The molecule has 0 radical (unpaired) electrons. The molecule has 2 N–H and O–H groups in total. The smallest absolute Gasteiger partial charge is 0.319 e. The number of hydrogen-bond acceptors (Lipinski definition) is 4. The molecule has 0 aromatic rings. The zero-order chi connectivity index (χ0) is 13.2. The van der Waals surface area contributed by atoms with Crippen molar-refractivity contribution in [2.45, 2.75) is 19.3 Å². The van der Waals surface area contributed by atoms with Gasteiger partial charge in [0.1, 0.15) is 5.41 Å². The summed E-state index contributed by atoms with van der Waals surface area (Å²) in [6.45, 7) is 3.28. The zero-order valence-electron chi connectivity index (χ0n) is 10.5. The third kappa shape index (κ3) is 2.22. The fraction of sp³-hybridized carbons (Fsp3) is 0.833. The first-order valence-corrected chi connectivity index (χ1v) is 6.46. The molecule has 0 atom stereocenters. The van der Waals surface area contributed by atoms with Crippen LogP contribution in [0.5, 0.6) is 0 Å². The van der Waals surface area contributed by atoms with Crippen molar-refractivity contribution in [3.8, 4) is 0 Å². The van der Waals surface area contributed by atoms with E-state index in [-0.39, 0.29) is 12.5 Å². The number of carbonyl (C=O) groups excluding carboxylic acids is 1. The van der Waals surface area contributed by atoms with Crippen molar-refractivity contribution >= 4 is 11.9 Å². The Hall–Kier alpha value is -1.14. The predicted molar refractivity (Wildman–Crippen MR) is 64.0 cm³/mol. The standard InChI is InChI=1S/C12H20N2O4/c15-9-8-13-4-6-14(7-5-13)10(16)12(11(17)18)2-1-3-12/h15H,1-9H2,(H,17,18). The molecule has 2 rings (SSSR count). The van der Waals surface area contributed by atoms with Crippen LogP contribution in [-0.4, -0.2) is 71.2 Å². The summed E-state index contributed by atoms with van der Waals surface area (Å²) in [5.41, 5.74) is -1.14. The highest BCUT2D eigenvalue weighted by Crippen LogP contribution is 2.42. The molecule has 0 spiro atoms. The number of amides is 1. The number of carboxylic acid groups (broad SMARTS) is 1. The number of carbonyl (C=O) groups is 2. The van der Waals surface area contributed by atoms with Crippen molar-refractivity contribution in [1.29, 1.82) is 0 Å². The van der Waals surface area contributed by atoms with Crippen molar-refractivity contribution in [2.75, 3.05) is 39.3 Å². The van der Waals surface area contributed by atoms with E-state index >= 15 is 0 Å². The molecule has 0 unspecified atom stereocenters. The summed E-state index contributed by atoms with van der Waals surface area (Å²) in [4.78, 5) is 27.3. The number of rotatable bonds is 4. The van der Waals surface area contributed by atoms with E-state index in [0.29, 0.717) is 45.6 Å². The summed E-state index contributed by atoms with van der Waals surface area (Å²) < 4.78 is 0. The molecule has 1 heterocycles. The highest BCUT2D eigenvalue weighted by atomic mass is 16.4. The highest BCUT2D eigenvalue weighted by molar-refractivity contribution is 6.02. The van der Waals surface area contributed by atoms with Crippen LogP contribution in [0.2, 0.25) is 0 Å². The Morgan fingerprint density at radius 1 is 1.11 bits per heavy atom. The number of nitrogens with zero attached hydrogens (tertiary/aromatic N) is 2. The summed E-state index contributed by atoms with van der Waals surface area (Å²) in [5, 5.41) is 18.1. The van der Waals surface area contributed by atoms with E-state index in [4.69, 9.17) is 5.11 Å². The zero-order valence-corrected chi connectivity index (χ0v) is 10.5. The SMILES string of the molecule is O=C(O)C1(C(=O)N2CCN(CCO)CC2)CCC1. The second-order valence-electron chi connectivity index (χ2n) is 5.10. The molecule has 0 bridgehead atoms. The van der Waals surface area contributed by atoms with Gasteiger partial charge in [-0.15, -0.1) is 0 Å². The summed E-state index contributed by atoms with van der Waals surface area (Å²) >= 11 is 0. The van der Waals surface area contributed by atoms with Crippen molar-refractivity contribution in [2.24, 2.45) is 5.41 Å². The maximum atomic E-state index is 12.3. The predicted octanol–water partition coefficient (Wildman–Crippen LogP) is -0.622. The van der Waals surface area contributed by atoms with Crippen LogP contribution < -0.4 is 0 Å². The molecule has 0 aromatic carbocycles. The molecule has 18 heavy (non-hydrogen) atoms. The van der Waals surface area contributed by atoms with Crippen LogP contribution in [0, 0.1) is 5.41 Å². The lowest BCUT2D eigenvalue weighted by molar-refractivity contribution is -0.168. The van der Waals surface area contributed by atoms with E-state index in [1.54, 1.807) is 4.90 Å². The molecule has 2 fully saturated rings. The van der Waals surface area contributed by atoms with E-state index < -0.39 is 11.4 Å². The van der Waals surface area contributed by atoms with Gasteiger partial charge in [0, 0.05) is 32.7 Å². The monoisotopic (exact) mass is 256 g/mol. The van der Waals surface area contributed by atoms with E-state index in [1.165, 1.54) is 0 Å². The van der Waals surface area contributed by atoms with E-state index in [0.717, 1.165) is 6.42 Å². The molecule has 1 aliphatic carbocycles. The Kier molecular flexibility index (Phi) is 3.87. The van der Waals surface area contributed by atoms with Gasteiger partial charge in [-0.1, -0.05) is 6.42 Å². The van der Waals surface area contributed by atoms with E-state index in [2.05, 4.69) is 4.90 Å². The number of carboxylic acids is 1. The Morgan fingerprint density at radius 2 is 1.72 bits per heavy atom. The number of aliphatic hydroxyl groups is 1. The maximum absolute atomic E-state index is 12.3. The second kappa shape index (κ2) is 5.24. The van der Waals surface area contributed by atoms with Crippen LogP contribution in [0.15, 0.2) is 0 Å². The van der Waals surface area contributed by atoms with Gasteiger partial charge in [-0.25, -0.2) is 0 Å². The van der Waals surface area contributed by atoms with Crippen LogP contribution >= 0.6 is 0 Å². The maximum Gasteiger partial charge on any atom is 0.319 e. The molecule has 1 saturated heterocycles. The van der Waals surface area contributed by atoms with Gasteiger partial charge in [-0.05, 0) is 12.8 Å². The normalized spacial score (nSPS) is 23.5. The van der Waals surface area contributed by atoms with Gasteiger partial charge in [-0.2, -0.15) is 0 Å². The average Bonchev–Trinajstić information content (AvgIpc) is 2.28. The summed E-state index contributed by atoms with van der Waals surface area (Å²) in [7, 11) is 0. The topological polar surface area (TPSA) is 81.1 Å². The molecular formula is C12H20N2O4. The molecule has 6 nitrogen and oxygen atoms in total. The third-order valence-corrected chi connectivity index (χ3v) is 4.10. The number of β-amino-alcohol motifs (C(OH)–C–C–N with tert-alkyl or cyclic N) is 1. The number of piperazine rings is 1. The Morgan fingerprint density at radius 3 is 2.11 bits per heavy atom. The lowest BCUT2D eigenvalue weighted by atomic mass is 9.67. The van der Waals surface area contributed by atoms with Gasteiger partial charge >= 0.3 is 5.97 Å². The summed E-state index contributed by atoms with van der Waals surface area (Å²) in [5.74, 6) is -1.19. The molecule has 1 amide bonds. The largest absolute Gasteiger partial charge is 0.480 e. The molecule has 0 aromatic heterocycles. The van der Waals surface area contributed by atoms with Crippen molar-refractivity contribution in [1.82, 2.24) is 9.80 Å². The summed E-state index contributed by atoms with van der Waals surface area (Å²) in [6.07, 6.45) is 1.76. The van der Waals surface area contributed by atoms with Gasteiger partial charge < -0.3 is 15.1 Å². The van der Waals surface area contributed by atoms with Gasteiger partial charge in [0.2, 0.25) is 5.91 Å². The minimum absolute atomic E-state index is 0.118. The molecule has 6 heteroatoms. The van der Waals surface area contributed by atoms with E-state index in [1.807, 2.05) is 0 Å². The van der Waals surface area contributed by atoms with Gasteiger partial charge in [0.15, 0.2) is 0 Å². The molecular weight excluding hydrogens is 236 g/mol. The van der Waals surface area contributed by atoms with E-state index in [9.17, 15) is 14.7 Å². The van der Waals surface area contributed by atoms with Gasteiger partial charge in [-0.3, -0.25) is 14.5 Å². The quantitative estimate of drug-likeness (QED) is 0.655. The van der Waals surface area contributed by atoms with Gasteiger partial charge in [0.25, 0.3) is 0 Å². The van der Waals surface area contributed by atoms with Crippen LogP contribution in [0.1, 0.15) is 19.3 Å². The first-order valence-electron chi connectivity index (χ1n) is 6.46. The fourth-order valence-corrected chi connectivity index (χ4v) is 2.67. The Labute approximate surface area is 106 Å². The molecule has 1 aliphatic heterocycles. The van der Waals surface area contributed by atoms with Crippen LogP contribution in [0.25, 0.3) is 0 Å². The van der Waals surface area contributed by atoms with Crippen LogP contribution in [0.3, 0.4) is 0 Å². The fourth-order valence-electron chi connectivity index (χ4n) is 2.67. The molecule has 2 aliphatic rings. The minimum Gasteiger partial charge on any atom is -0.480 e. The lowest BCUT2D eigenvalue weighted by Gasteiger charge is -2.42.